The van der Waals surface area contributed by atoms with Gasteiger partial charge in [-0.15, -0.1) is 10.2 Å². The zero-order valence-electron chi connectivity index (χ0n) is 16.9. The number of carbonyl (C=O) groups excluding carboxylic acids is 1. The predicted molar refractivity (Wildman–Crippen MR) is 113 cm³/mol. The van der Waals surface area contributed by atoms with Crippen LogP contribution in [0.25, 0.3) is 22.4 Å². The number of benzene rings is 1. The van der Waals surface area contributed by atoms with E-state index in [-0.39, 0.29) is 5.91 Å². The molecule has 1 N–H and O–H groups in total. The second-order valence-electron chi connectivity index (χ2n) is 7.05. The number of carbonyl (C=O) groups is 1. The first kappa shape index (κ1) is 18.9. The summed E-state index contributed by atoms with van der Waals surface area (Å²) >= 11 is 0. The molecule has 4 aromatic heterocycles. The number of hydrogen-bond donors (Lipinski definition) is 1. The SMILES string of the molecule is COc1ccc(-c2cc3c4nnc(CCC(=O)NCc5ccco5)n4ccn3n2)cc1. The molecule has 0 fully saturated rings. The van der Waals surface area contributed by atoms with Gasteiger partial charge in [0, 0.05) is 30.8 Å². The lowest BCUT2D eigenvalue weighted by Gasteiger charge is -2.03. The van der Waals surface area contributed by atoms with E-state index in [9.17, 15) is 4.79 Å². The predicted octanol–water partition coefficient (Wildman–Crippen LogP) is 2.89. The van der Waals surface area contributed by atoms with E-state index in [1.807, 2.05) is 53.2 Å². The number of fused-ring (bicyclic) bond motifs is 3. The van der Waals surface area contributed by atoms with Crippen LogP contribution in [0.5, 0.6) is 5.75 Å². The molecule has 4 heterocycles. The fourth-order valence-electron chi connectivity index (χ4n) is 3.45. The Morgan fingerprint density at radius 1 is 1.16 bits per heavy atom. The van der Waals surface area contributed by atoms with Gasteiger partial charge in [0.05, 0.1) is 25.6 Å². The van der Waals surface area contributed by atoms with Crippen molar-refractivity contribution in [3.8, 4) is 17.0 Å². The van der Waals surface area contributed by atoms with Crippen molar-refractivity contribution in [1.29, 1.82) is 0 Å². The molecule has 0 saturated carbocycles. The highest BCUT2D eigenvalue weighted by molar-refractivity contribution is 5.77. The van der Waals surface area contributed by atoms with Crippen molar-refractivity contribution in [3.05, 3.63) is 72.7 Å². The van der Waals surface area contributed by atoms with Gasteiger partial charge in [-0.2, -0.15) is 5.10 Å². The summed E-state index contributed by atoms with van der Waals surface area (Å²) in [5, 5.41) is 16.1. The van der Waals surface area contributed by atoms with Gasteiger partial charge >= 0.3 is 0 Å². The van der Waals surface area contributed by atoms with Gasteiger partial charge in [0.15, 0.2) is 5.65 Å². The summed E-state index contributed by atoms with van der Waals surface area (Å²) in [6.07, 6.45) is 6.09. The molecule has 0 aliphatic rings. The Hall–Kier alpha value is -4.14. The highest BCUT2D eigenvalue weighted by Gasteiger charge is 2.14. The molecular formula is C22H20N6O3. The number of hydrogen-bond acceptors (Lipinski definition) is 6. The van der Waals surface area contributed by atoms with Crippen molar-refractivity contribution in [2.45, 2.75) is 19.4 Å². The maximum absolute atomic E-state index is 12.2. The van der Waals surface area contributed by atoms with Gasteiger partial charge in [-0.3, -0.25) is 9.20 Å². The number of furan rings is 1. The average molecular weight is 416 g/mol. The van der Waals surface area contributed by atoms with Gasteiger partial charge in [0.25, 0.3) is 0 Å². The summed E-state index contributed by atoms with van der Waals surface area (Å²) in [6, 6.07) is 13.3. The Morgan fingerprint density at radius 3 is 2.81 bits per heavy atom. The monoisotopic (exact) mass is 416 g/mol. The first-order valence-corrected chi connectivity index (χ1v) is 9.87. The Kier molecular flexibility index (Phi) is 4.83. The average Bonchev–Trinajstić information content (AvgIpc) is 3.55. The maximum atomic E-state index is 12.2. The summed E-state index contributed by atoms with van der Waals surface area (Å²) < 4.78 is 14.1. The summed E-state index contributed by atoms with van der Waals surface area (Å²) in [7, 11) is 1.64. The Morgan fingerprint density at radius 2 is 2.03 bits per heavy atom. The van der Waals surface area contributed by atoms with Gasteiger partial charge in [0.2, 0.25) is 5.91 Å². The fraction of sp³-hybridized carbons (Fsp3) is 0.182. The van der Waals surface area contributed by atoms with Gasteiger partial charge < -0.3 is 14.5 Å². The zero-order chi connectivity index (χ0) is 21.2. The highest BCUT2D eigenvalue weighted by Crippen LogP contribution is 2.24. The van der Waals surface area contributed by atoms with Crippen molar-refractivity contribution < 1.29 is 13.9 Å². The van der Waals surface area contributed by atoms with E-state index in [1.165, 1.54) is 0 Å². The van der Waals surface area contributed by atoms with Crippen LogP contribution >= 0.6 is 0 Å². The lowest BCUT2D eigenvalue weighted by atomic mass is 10.1. The maximum Gasteiger partial charge on any atom is 0.220 e. The quantitative estimate of drug-likeness (QED) is 0.438. The second kappa shape index (κ2) is 7.94. The lowest BCUT2D eigenvalue weighted by Crippen LogP contribution is -2.23. The Balaban J connectivity index is 1.34. The number of ether oxygens (including phenoxy) is 1. The largest absolute Gasteiger partial charge is 0.497 e. The minimum Gasteiger partial charge on any atom is -0.497 e. The molecule has 1 amide bonds. The minimum absolute atomic E-state index is 0.0691. The van der Waals surface area contributed by atoms with E-state index in [0.29, 0.717) is 25.0 Å². The first-order chi connectivity index (χ1) is 15.2. The van der Waals surface area contributed by atoms with Gasteiger partial charge in [-0.1, -0.05) is 0 Å². The topological polar surface area (TPSA) is 99.0 Å². The Labute approximate surface area is 177 Å². The molecule has 0 aliphatic heterocycles. The lowest BCUT2D eigenvalue weighted by molar-refractivity contribution is -0.121. The summed E-state index contributed by atoms with van der Waals surface area (Å²) in [5.41, 5.74) is 3.35. The third-order valence-corrected chi connectivity index (χ3v) is 5.09. The van der Waals surface area contributed by atoms with Crippen molar-refractivity contribution in [2.75, 3.05) is 7.11 Å². The van der Waals surface area contributed by atoms with E-state index in [4.69, 9.17) is 9.15 Å². The molecule has 5 aromatic rings. The molecule has 9 nitrogen and oxygen atoms in total. The molecule has 0 spiro atoms. The molecule has 156 valence electrons. The van der Waals surface area contributed by atoms with Crippen molar-refractivity contribution in [2.24, 2.45) is 0 Å². The van der Waals surface area contributed by atoms with Crippen molar-refractivity contribution in [3.63, 3.8) is 0 Å². The van der Waals surface area contributed by atoms with Crippen LogP contribution in [0.1, 0.15) is 18.0 Å². The first-order valence-electron chi connectivity index (χ1n) is 9.87. The third kappa shape index (κ3) is 3.73. The van der Waals surface area contributed by atoms with Crippen LogP contribution < -0.4 is 10.1 Å². The highest BCUT2D eigenvalue weighted by atomic mass is 16.5. The second-order valence-corrected chi connectivity index (χ2v) is 7.05. The van der Waals surface area contributed by atoms with Gasteiger partial charge in [0.1, 0.15) is 22.9 Å². The number of aromatic nitrogens is 5. The fourth-order valence-corrected chi connectivity index (χ4v) is 3.45. The number of nitrogens with zero attached hydrogens (tertiary/aromatic N) is 5. The molecule has 0 radical (unpaired) electrons. The molecule has 0 saturated heterocycles. The standard InChI is InChI=1S/C22H20N6O3/c1-30-16-6-4-15(5-7-16)18-13-19-22-25-24-20(27(22)10-11-28(19)26-18)8-9-21(29)23-14-17-3-2-12-31-17/h2-7,10-13H,8-9,14H2,1H3,(H,23,29). The van der Waals surface area contributed by atoms with Gasteiger partial charge in [-0.25, -0.2) is 4.52 Å². The Bertz CT molecular complexity index is 1340. The van der Waals surface area contributed by atoms with Crippen LogP contribution in [0, 0.1) is 0 Å². The minimum atomic E-state index is -0.0691. The molecule has 9 heteroatoms. The van der Waals surface area contributed by atoms with E-state index >= 15 is 0 Å². The smallest absolute Gasteiger partial charge is 0.220 e. The van der Waals surface area contributed by atoms with Gasteiger partial charge in [-0.05, 0) is 42.5 Å². The molecule has 0 unspecified atom stereocenters. The van der Waals surface area contributed by atoms with Crippen LogP contribution in [-0.4, -0.2) is 37.2 Å². The normalized spacial score (nSPS) is 11.3. The molecule has 31 heavy (non-hydrogen) atoms. The molecule has 0 bridgehead atoms. The number of aryl methyl sites for hydroxylation is 1. The van der Waals surface area contributed by atoms with E-state index in [1.54, 1.807) is 24.0 Å². The summed E-state index contributed by atoms with van der Waals surface area (Å²) in [6.45, 7) is 0.372. The van der Waals surface area contributed by atoms with Crippen LogP contribution in [0.3, 0.4) is 0 Å². The van der Waals surface area contributed by atoms with E-state index in [2.05, 4.69) is 20.6 Å². The number of rotatable bonds is 7. The molecule has 0 atom stereocenters. The van der Waals surface area contributed by atoms with Crippen LogP contribution in [-0.2, 0) is 17.8 Å². The van der Waals surface area contributed by atoms with E-state index < -0.39 is 0 Å². The molecule has 5 rings (SSSR count). The number of methoxy groups -OCH3 is 1. The van der Waals surface area contributed by atoms with Crippen LogP contribution in [0.15, 0.2) is 65.5 Å². The van der Waals surface area contributed by atoms with Crippen LogP contribution in [0.2, 0.25) is 0 Å². The summed E-state index contributed by atoms with van der Waals surface area (Å²) in [4.78, 5) is 12.2. The third-order valence-electron chi connectivity index (χ3n) is 5.09. The van der Waals surface area contributed by atoms with Crippen molar-refractivity contribution in [1.82, 2.24) is 29.5 Å². The number of nitrogens with one attached hydrogen (secondary N) is 1. The number of amides is 1. The summed E-state index contributed by atoms with van der Waals surface area (Å²) in [5.74, 6) is 2.17. The van der Waals surface area contributed by atoms with Crippen LogP contribution in [0.4, 0.5) is 0 Å². The molecular weight excluding hydrogens is 396 g/mol. The van der Waals surface area contributed by atoms with E-state index in [0.717, 1.165) is 34.1 Å². The van der Waals surface area contributed by atoms with Crippen molar-refractivity contribution >= 4 is 17.1 Å². The molecule has 1 aromatic carbocycles. The zero-order valence-corrected chi connectivity index (χ0v) is 16.9. The molecule has 0 aliphatic carbocycles.